The third-order valence-corrected chi connectivity index (χ3v) is 7.66. The number of hydrazone groups is 1. The molecule has 0 radical (unpaired) electrons. The Labute approximate surface area is 224 Å². The zero-order chi connectivity index (χ0) is 27.7. The van der Waals surface area contributed by atoms with Crippen LogP contribution in [0.5, 0.6) is 11.5 Å². The number of phenolic OH excluding ortho intramolecular Hbond substituents is 1. The average molecular weight is 539 g/mol. The SMILES string of the molecule is CCOc1ccc(S(=O)(=O)N(CC(=O)N/N=C\c2ccc(N(CC)CC)cc2O)c2ccc(C)cc2)cc1. The van der Waals surface area contributed by atoms with E-state index in [4.69, 9.17) is 4.74 Å². The fourth-order valence-corrected chi connectivity index (χ4v) is 5.22. The number of hydrogen-bond acceptors (Lipinski definition) is 7. The summed E-state index contributed by atoms with van der Waals surface area (Å²) in [6.07, 6.45) is 1.32. The monoisotopic (exact) mass is 538 g/mol. The van der Waals surface area contributed by atoms with Crippen molar-refractivity contribution in [3.63, 3.8) is 0 Å². The van der Waals surface area contributed by atoms with Crippen LogP contribution in [0.4, 0.5) is 11.4 Å². The number of benzene rings is 3. The summed E-state index contributed by atoms with van der Waals surface area (Å²) in [5, 5.41) is 14.3. The van der Waals surface area contributed by atoms with Crippen LogP contribution in [-0.2, 0) is 14.8 Å². The van der Waals surface area contributed by atoms with E-state index in [-0.39, 0.29) is 10.6 Å². The third-order valence-electron chi connectivity index (χ3n) is 5.87. The topological polar surface area (TPSA) is 112 Å². The predicted molar refractivity (Wildman–Crippen MR) is 151 cm³/mol. The molecule has 3 aromatic carbocycles. The molecule has 38 heavy (non-hydrogen) atoms. The second-order valence-electron chi connectivity index (χ2n) is 8.46. The summed E-state index contributed by atoms with van der Waals surface area (Å²) in [7, 11) is -4.08. The van der Waals surface area contributed by atoms with Gasteiger partial charge in [0.1, 0.15) is 18.0 Å². The van der Waals surface area contributed by atoms with Crippen LogP contribution in [-0.4, -0.2) is 51.9 Å². The number of nitrogens with one attached hydrogen (secondary N) is 1. The van der Waals surface area contributed by atoms with Crippen molar-refractivity contribution < 1.29 is 23.1 Å². The highest BCUT2D eigenvalue weighted by molar-refractivity contribution is 7.92. The van der Waals surface area contributed by atoms with E-state index in [1.54, 1.807) is 48.5 Å². The lowest BCUT2D eigenvalue weighted by Crippen LogP contribution is -2.39. The zero-order valence-corrected chi connectivity index (χ0v) is 22.9. The van der Waals surface area contributed by atoms with Crippen LogP contribution in [0.1, 0.15) is 31.9 Å². The maximum absolute atomic E-state index is 13.5. The molecule has 202 valence electrons. The molecule has 0 saturated heterocycles. The van der Waals surface area contributed by atoms with Crippen LogP contribution >= 0.6 is 0 Å². The van der Waals surface area contributed by atoms with Gasteiger partial charge in [-0.3, -0.25) is 9.10 Å². The third kappa shape index (κ3) is 7.04. The minimum absolute atomic E-state index is 0.0201. The van der Waals surface area contributed by atoms with E-state index in [2.05, 4.69) is 15.4 Å². The number of carbonyl (C=O) groups is 1. The standard InChI is InChI=1S/C28H34N4O5S/c1-5-31(6-2)24-13-10-22(27(33)18-24)19-29-30-28(34)20-32(23-11-8-21(4)9-12-23)38(35,36)26-16-14-25(15-17-26)37-7-3/h8-19,33H,5-7,20H2,1-4H3,(H,30,34)/b29-19-. The summed E-state index contributed by atoms with van der Waals surface area (Å²) in [6.45, 7) is 9.35. The van der Waals surface area contributed by atoms with Gasteiger partial charge in [-0.1, -0.05) is 17.7 Å². The Morgan fingerprint density at radius 2 is 1.61 bits per heavy atom. The van der Waals surface area contributed by atoms with Crippen molar-refractivity contribution in [2.24, 2.45) is 5.10 Å². The molecule has 0 aromatic heterocycles. The number of anilines is 2. The summed E-state index contributed by atoms with van der Waals surface area (Å²) in [6, 6.07) is 18.1. The second-order valence-corrected chi connectivity index (χ2v) is 10.3. The van der Waals surface area contributed by atoms with Gasteiger partial charge < -0.3 is 14.7 Å². The number of aromatic hydroxyl groups is 1. The molecule has 1 amide bonds. The summed E-state index contributed by atoms with van der Waals surface area (Å²) in [5.74, 6) is -0.0730. The molecule has 0 spiro atoms. The number of hydrogen-bond donors (Lipinski definition) is 2. The van der Waals surface area contributed by atoms with E-state index >= 15 is 0 Å². The quantitative estimate of drug-likeness (QED) is 0.263. The Kier molecular flexibility index (Phi) is 9.72. The van der Waals surface area contributed by atoms with Crippen LogP contribution in [0.15, 0.2) is 76.7 Å². The van der Waals surface area contributed by atoms with Gasteiger partial charge in [0, 0.05) is 30.4 Å². The fraction of sp³-hybridized carbons (Fsp3) is 0.286. The minimum Gasteiger partial charge on any atom is -0.507 e. The molecule has 3 aromatic rings. The number of amides is 1. The molecule has 0 bridgehead atoms. The Balaban J connectivity index is 1.79. The highest BCUT2D eigenvalue weighted by Crippen LogP contribution is 2.26. The number of ether oxygens (including phenoxy) is 1. The van der Waals surface area contributed by atoms with Gasteiger partial charge in [-0.15, -0.1) is 0 Å². The van der Waals surface area contributed by atoms with E-state index in [1.807, 2.05) is 33.8 Å². The van der Waals surface area contributed by atoms with Gasteiger partial charge in [0.05, 0.1) is 23.4 Å². The van der Waals surface area contributed by atoms with E-state index in [1.165, 1.54) is 18.3 Å². The molecular weight excluding hydrogens is 504 g/mol. The molecule has 9 nitrogen and oxygen atoms in total. The number of sulfonamides is 1. The van der Waals surface area contributed by atoms with Crippen molar-refractivity contribution in [2.75, 3.05) is 35.4 Å². The van der Waals surface area contributed by atoms with Crippen molar-refractivity contribution >= 4 is 33.5 Å². The molecule has 2 N–H and O–H groups in total. The first kappa shape index (κ1) is 28.5. The van der Waals surface area contributed by atoms with E-state index in [0.29, 0.717) is 23.6 Å². The molecule has 0 unspecified atom stereocenters. The van der Waals surface area contributed by atoms with E-state index in [0.717, 1.165) is 28.6 Å². The van der Waals surface area contributed by atoms with Crippen molar-refractivity contribution in [3.8, 4) is 11.5 Å². The molecule has 0 aliphatic heterocycles. The van der Waals surface area contributed by atoms with E-state index in [9.17, 15) is 18.3 Å². The molecule has 0 heterocycles. The lowest BCUT2D eigenvalue weighted by molar-refractivity contribution is -0.119. The molecule has 3 rings (SSSR count). The van der Waals surface area contributed by atoms with Gasteiger partial charge >= 0.3 is 0 Å². The van der Waals surface area contributed by atoms with Gasteiger partial charge in [0.2, 0.25) is 0 Å². The van der Waals surface area contributed by atoms with Gasteiger partial charge in [-0.25, -0.2) is 13.8 Å². The maximum Gasteiger partial charge on any atom is 0.264 e. The highest BCUT2D eigenvalue weighted by atomic mass is 32.2. The van der Waals surface area contributed by atoms with Crippen molar-refractivity contribution in [1.82, 2.24) is 5.43 Å². The normalized spacial score (nSPS) is 11.4. The minimum atomic E-state index is -4.08. The summed E-state index contributed by atoms with van der Waals surface area (Å²) >= 11 is 0. The molecule has 0 aliphatic carbocycles. The van der Waals surface area contributed by atoms with Crippen molar-refractivity contribution in [1.29, 1.82) is 0 Å². The van der Waals surface area contributed by atoms with Gasteiger partial charge in [-0.2, -0.15) is 5.10 Å². The number of nitrogens with zero attached hydrogens (tertiary/aromatic N) is 3. The highest BCUT2D eigenvalue weighted by Gasteiger charge is 2.27. The molecular formula is C28H34N4O5S. The Morgan fingerprint density at radius 1 is 0.974 bits per heavy atom. The molecule has 0 fully saturated rings. The Bertz CT molecular complexity index is 1350. The lowest BCUT2D eigenvalue weighted by atomic mass is 10.2. The maximum atomic E-state index is 13.5. The molecule has 0 atom stereocenters. The Morgan fingerprint density at radius 3 is 2.18 bits per heavy atom. The van der Waals surface area contributed by atoms with Gasteiger partial charge in [-0.05, 0) is 76.2 Å². The van der Waals surface area contributed by atoms with Crippen molar-refractivity contribution in [3.05, 3.63) is 77.9 Å². The van der Waals surface area contributed by atoms with Crippen LogP contribution in [0.3, 0.4) is 0 Å². The average Bonchev–Trinajstić information content (AvgIpc) is 2.90. The second kappa shape index (κ2) is 13.0. The van der Waals surface area contributed by atoms with Crippen LogP contribution in [0, 0.1) is 6.92 Å². The summed E-state index contributed by atoms with van der Waals surface area (Å²) in [4.78, 5) is 14.9. The number of aryl methyl sites for hydroxylation is 1. The van der Waals surface area contributed by atoms with Crippen LogP contribution in [0.25, 0.3) is 0 Å². The largest absolute Gasteiger partial charge is 0.507 e. The van der Waals surface area contributed by atoms with Crippen molar-refractivity contribution in [2.45, 2.75) is 32.6 Å². The lowest BCUT2D eigenvalue weighted by Gasteiger charge is -2.24. The summed E-state index contributed by atoms with van der Waals surface area (Å²) in [5.41, 5.74) is 4.95. The molecule has 0 aliphatic rings. The summed E-state index contributed by atoms with van der Waals surface area (Å²) < 4.78 is 33.5. The number of carbonyl (C=O) groups excluding carboxylic acids is 1. The Hall–Kier alpha value is -4.05. The first-order valence-electron chi connectivity index (χ1n) is 12.4. The van der Waals surface area contributed by atoms with Gasteiger partial charge in [0.25, 0.3) is 15.9 Å². The van der Waals surface area contributed by atoms with E-state index < -0.39 is 22.5 Å². The van der Waals surface area contributed by atoms with Crippen LogP contribution in [0.2, 0.25) is 0 Å². The smallest absolute Gasteiger partial charge is 0.264 e. The molecule has 10 heteroatoms. The predicted octanol–water partition coefficient (Wildman–Crippen LogP) is 4.29. The van der Waals surface area contributed by atoms with Gasteiger partial charge in [0.15, 0.2) is 0 Å². The number of rotatable bonds is 12. The first-order valence-corrected chi connectivity index (χ1v) is 13.9. The molecule has 0 saturated carbocycles. The fourth-order valence-electron chi connectivity index (χ4n) is 3.79. The van der Waals surface area contributed by atoms with Crippen LogP contribution < -0.4 is 19.4 Å². The first-order chi connectivity index (χ1) is 18.2. The number of phenols is 1. The zero-order valence-electron chi connectivity index (χ0n) is 22.1.